The van der Waals surface area contributed by atoms with Gasteiger partial charge in [-0.05, 0) is 6.07 Å². The number of carbonyl (C=O) groups excluding carboxylic acids is 2. The van der Waals surface area contributed by atoms with Crippen molar-refractivity contribution in [2.75, 3.05) is 5.32 Å². The quantitative estimate of drug-likeness (QED) is 0.696. The minimum absolute atomic E-state index is 0.165. The Hall–Kier alpha value is -1.50. The number of nitrogens with zero attached hydrogens (tertiary/aromatic N) is 2. The van der Waals surface area contributed by atoms with Crippen molar-refractivity contribution < 1.29 is 9.59 Å². The monoisotopic (exact) mass is 315 g/mol. The summed E-state index contributed by atoms with van der Waals surface area (Å²) in [7, 11) is 0. The van der Waals surface area contributed by atoms with Crippen LogP contribution < -0.4 is 5.32 Å². The Kier molecular flexibility index (Phi) is 4.14. The molecule has 0 spiro atoms. The first kappa shape index (κ1) is 13.9. The Morgan fingerprint density at radius 2 is 2.11 bits per heavy atom. The van der Waals surface area contributed by atoms with Crippen LogP contribution in [0.3, 0.4) is 0 Å². The number of thiazole rings is 1. The lowest BCUT2D eigenvalue weighted by Gasteiger charge is -2.03. The average Bonchev–Trinajstić information content (AvgIpc) is 2.80. The number of hydrogen-bond donors (Lipinski definition) is 1. The molecule has 2 heterocycles. The third-order valence-corrected chi connectivity index (χ3v) is 3.42. The van der Waals surface area contributed by atoms with Crippen molar-refractivity contribution in [2.45, 2.75) is 6.92 Å². The fourth-order valence-corrected chi connectivity index (χ4v) is 2.34. The second-order valence-corrected chi connectivity index (χ2v) is 5.19. The summed E-state index contributed by atoms with van der Waals surface area (Å²) in [5.74, 6) is -0.625. The summed E-state index contributed by atoms with van der Waals surface area (Å²) >= 11 is 12.7. The van der Waals surface area contributed by atoms with Crippen molar-refractivity contribution in [3.63, 3.8) is 0 Å². The van der Waals surface area contributed by atoms with Crippen molar-refractivity contribution in [3.05, 3.63) is 39.1 Å². The minimum Gasteiger partial charge on any atom is -0.298 e. The molecule has 0 saturated heterocycles. The van der Waals surface area contributed by atoms with Gasteiger partial charge in [-0.1, -0.05) is 23.2 Å². The highest BCUT2D eigenvalue weighted by Gasteiger charge is 2.14. The summed E-state index contributed by atoms with van der Waals surface area (Å²) in [4.78, 5) is 30.8. The van der Waals surface area contributed by atoms with Crippen LogP contribution >= 0.6 is 34.5 Å². The lowest BCUT2D eigenvalue weighted by Crippen LogP contribution is -2.12. The fraction of sp³-hybridized carbons (Fsp3) is 0.0909. The number of halogens is 2. The summed E-state index contributed by atoms with van der Waals surface area (Å²) in [6.45, 7) is 1.40. The number of carbonyl (C=O) groups is 2. The predicted octanol–water partition coefficient (Wildman–Crippen LogP) is 3.30. The SMILES string of the molecule is CC(=O)c1csc(NC(=O)c2cc(Cl)ncc2Cl)n1. The zero-order chi connectivity index (χ0) is 14.0. The third kappa shape index (κ3) is 3.28. The number of Topliss-reactive ketones (excluding diaryl/α,β-unsaturated/α-hetero) is 1. The van der Waals surface area contributed by atoms with Gasteiger partial charge >= 0.3 is 0 Å². The van der Waals surface area contributed by atoms with Gasteiger partial charge in [0, 0.05) is 18.5 Å². The number of aromatic nitrogens is 2. The normalized spacial score (nSPS) is 10.3. The van der Waals surface area contributed by atoms with Gasteiger partial charge in [0.15, 0.2) is 10.9 Å². The van der Waals surface area contributed by atoms with E-state index in [0.717, 1.165) is 11.3 Å². The topological polar surface area (TPSA) is 72.0 Å². The average molecular weight is 316 g/mol. The molecule has 0 bridgehead atoms. The Labute approximate surface area is 122 Å². The lowest BCUT2D eigenvalue weighted by atomic mass is 10.2. The van der Waals surface area contributed by atoms with E-state index in [-0.39, 0.29) is 21.5 Å². The van der Waals surface area contributed by atoms with E-state index in [4.69, 9.17) is 23.2 Å². The molecule has 1 N–H and O–H groups in total. The maximum absolute atomic E-state index is 12.0. The van der Waals surface area contributed by atoms with Crippen LogP contribution in [0.4, 0.5) is 5.13 Å². The molecular formula is C11H7Cl2N3O2S. The van der Waals surface area contributed by atoms with Crippen LogP contribution in [0.15, 0.2) is 17.6 Å². The Morgan fingerprint density at radius 3 is 2.74 bits per heavy atom. The molecule has 0 unspecified atom stereocenters. The molecule has 8 heteroatoms. The Bertz CT molecular complexity index is 657. The molecule has 0 saturated carbocycles. The highest BCUT2D eigenvalue weighted by molar-refractivity contribution is 7.14. The summed E-state index contributed by atoms with van der Waals surface area (Å²) in [6, 6.07) is 1.36. The molecule has 0 aliphatic rings. The first-order valence-electron chi connectivity index (χ1n) is 5.06. The van der Waals surface area contributed by atoms with Gasteiger partial charge in [-0.25, -0.2) is 9.97 Å². The van der Waals surface area contributed by atoms with Crippen LogP contribution in [0, 0.1) is 0 Å². The molecule has 19 heavy (non-hydrogen) atoms. The van der Waals surface area contributed by atoms with E-state index in [1.165, 1.54) is 19.2 Å². The fourth-order valence-electron chi connectivity index (χ4n) is 1.24. The molecule has 2 aromatic heterocycles. The van der Waals surface area contributed by atoms with Gasteiger partial charge in [-0.2, -0.15) is 0 Å². The lowest BCUT2D eigenvalue weighted by molar-refractivity contribution is 0.100. The molecule has 2 aromatic rings. The minimum atomic E-state index is -0.459. The molecule has 0 radical (unpaired) electrons. The number of ketones is 1. The molecular weight excluding hydrogens is 309 g/mol. The first-order chi connectivity index (χ1) is 8.97. The Balaban J connectivity index is 2.20. The number of nitrogens with one attached hydrogen (secondary N) is 1. The number of amides is 1. The smallest absolute Gasteiger partial charge is 0.259 e. The molecule has 0 aliphatic heterocycles. The molecule has 1 amide bonds. The van der Waals surface area contributed by atoms with Crippen LogP contribution in [0.1, 0.15) is 27.8 Å². The van der Waals surface area contributed by atoms with Crippen molar-refractivity contribution in [1.29, 1.82) is 0 Å². The molecule has 2 rings (SSSR count). The molecule has 0 atom stereocenters. The van der Waals surface area contributed by atoms with Crippen LogP contribution in [-0.2, 0) is 0 Å². The zero-order valence-corrected chi connectivity index (χ0v) is 11.9. The summed E-state index contributed by atoms with van der Waals surface area (Å²) < 4.78 is 0. The van der Waals surface area contributed by atoms with Crippen molar-refractivity contribution >= 4 is 51.4 Å². The standard InChI is InChI=1S/C11H7Cl2N3O2S/c1-5(17)8-4-19-11(15-8)16-10(18)6-2-9(13)14-3-7(6)12/h2-4H,1H3,(H,15,16,18). The number of anilines is 1. The van der Waals surface area contributed by atoms with Gasteiger partial charge in [-0.3, -0.25) is 14.9 Å². The van der Waals surface area contributed by atoms with Gasteiger partial charge in [0.25, 0.3) is 5.91 Å². The van der Waals surface area contributed by atoms with Crippen molar-refractivity contribution in [2.24, 2.45) is 0 Å². The van der Waals surface area contributed by atoms with Crippen LogP contribution in [-0.4, -0.2) is 21.7 Å². The maximum Gasteiger partial charge on any atom is 0.259 e. The molecule has 5 nitrogen and oxygen atoms in total. The van der Waals surface area contributed by atoms with E-state index < -0.39 is 5.91 Å². The van der Waals surface area contributed by atoms with E-state index in [1.807, 2.05) is 0 Å². The molecule has 0 aromatic carbocycles. The van der Waals surface area contributed by atoms with E-state index in [1.54, 1.807) is 5.38 Å². The van der Waals surface area contributed by atoms with Gasteiger partial charge in [0.1, 0.15) is 10.8 Å². The number of hydrogen-bond acceptors (Lipinski definition) is 5. The van der Waals surface area contributed by atoms with Crippen molar-refractivity contribution in [3.8, 4) is 0 Å². The summed E-state index contributed by atoms with van der Waals surface area (Å²) in [6.07, 6.45) is 1.29. The number of rotatable bonds is 3. The van der Waals surface area contributed by atoms with Crippen LogP contribution in [0.25, 0.3) is 0 Å². The number of pyridine rings is 1. The Morgan fingerprint density at radius 1 is 1.37 bits per heavy atom. The van der Waals surface area contributed by atoms with Crippen molar-refractivity contribution in [1.82, 2.24) is 9.97 Å². The maximum atomic E-state index is 12.0. The van der Waals surface area contributed by atoms with E-state index in [2.05, 4.69) is 15.3 Å². The van der Waals surface area contributed by atoms with Gasteiger partial charge < -0.3 is 0 Å². The van der Waals surface area contributed by atoms with Crippen LogP contribution in [0.5, 0.6) is 0 Å². The summed E-state index contributed by atoms with van der Waals surface area (Å²) in [5.41, 5.74) is 0.500. The zero-order valence-electron chi connectivity index (χ0n) is 9.61. The molecule has 98 valence electrons. The van der Waals surface area contributed by atoms with Gasteiger partial charge in [-0.15, -0.1) is 11.3 Å². The van der Waals surface area contributed by atoms with Gasteiger partial charge in [0.2, 0.25) is 0 Å². The molecule has 0 aliphatic carbocycles. The largest absolute Gasteiger partial charge is 0.298 e. The summed E-state index contributed by atoms with van der Waals surface area (Å²) in [5, 5.41) is 4.78. The van der Waals surface area contributed by atoms with Crippen LogP contribution in [0.2, 0.25) is 10.2 Å². The molecule has 0 fully saturated rings. The highest BCUT2D eigenvalue weighted by Crippen LogP contribution is 2.21. The van der Waals surface area contributed by atoms with E-state index >= 15 is 0 Å². The second-order valence-electron chi connectivity index (χ2n) is 3.54. The predicted molar refractivity (Wildman–Crippen MR) is 74.3 cm³/mol. The van der Waals surface area contributed by atoms with E-state index in [9.17, 15) is 9.59 Å². The third-order valence-electron chi connectivity index (χ3n) is 2.15. The highest BCUT2D eigenvalue weighted by atomic mass is 35.5. The van der Waals surface area contributed by atoms with Gasteiger partial charge in [0.05, 0.1) is 10.6 Å². The van der Waals surface area contributed by atoms with E-state index in [0.29, 0.717) is 10.8 Å². The first-order valence-corrected chi connectivity index (χ1v) is 6.70. The second kappa shape index (κ2) is 5.64.